The van der Waals surface area contributed by atoms with Gasteiger partial charge in [-0.2, -0.15) is 0 Å². The average molecular weight is 274 g/mol. The van der Waals surface area contributed by atoms with Crippen LogP contribution in [-0.2, 0) is 4.79 Å². The molecule has 1 aromatic carbocycles. The zero-order valence-corrected chi connectivity index (χ0v) is 11.8. The minimum Gasteiger partial charge on any atom is -0.303 e. The van der Waals surface area contributed by atoms with Crippen LogP contribution in [0.25, 0.3) is 0 Å². The van der Waals surface area contributed by atoms with Gasteiger partial charge in [-0.3, -0.25) is 9.79 Å². The number of amides is 1. The Morgan fingerprint density at radius 2 is 2.16 bits per heavy atom. The van der Waals surface area contributed by atoms with E-state index in [-0.39, 0.29) is 17.2 Å². The van der Waals surface area contributed by atoms with Crippen LogP contribution in [0.15, 0.2) is 35.3 Å². The van der Waals surface area contributed by atoms with Gasteiger partial charge in [0.1, 0.15) is 5.37 Å². The van der Waals surface area contributed by atoms with Crippen molar-refractivity contribution in [3.05, 3.63) is 35.9 Å². The Labute approximate surface area is 118 Å². The lowest BCUT2D eigenvalue weighted by Crippen LogP contribution is -2.41. The third-order valence-electron chi connectivity index (χ3n) is 3.71. The van der Waals surface area contributed by atoms with Crippen molar-refractivity contribution >= 4 is 24.0 Å². The van der Waals surface area contributed by atoms with E-state index in [1.54, 1.807) is 11.2 Å². The van der Waals surface area contributed by atoms with E-state index in [2.05, 4.69) is 36.2 Å². The number of carbonyl (C=O) groups is 1. The number of hydrogen-bond acceptors (Lipinski definition) is 3. The highest BCUT2D eigenvalue weighted by Gasteiger charge is 2.43. The van der Waals surface area contributed by atoms with Crippen LogP contribution in [0.3, 0.4) is 0 Å². The fourth-order valence-electron chi connectivity index (χ4n) is 2.73. The van der Waals surface area contributed by atoms with E-state index in [4.69, 9.17) is 0 Å². The zero-order valence-electron chi connectivity index (χ0n) is 11.0. The molecule has 0 aliphatic carbocycles. The molecule has 0 N–H and O–H groups in total. The topological polar surface area (TPSA) is 32.7 Å². The van der Waals surface area contributed by atoms with Crippen LogP contribution in [0.5, 0.6) is 0 Å². The Morgan fingerprint density at radius 3 is 2.89 bits per heavy atom. The standard InChI is InChI=1S/C15H18N2OS/c1-2-8-17-10-16-14-12(15(17)18)9-13(19-14)11-6-4-3-5-7-11/h3-7,10,12-14H,2,8-9H2,1H3. The van der Waals surface area contributed by atoms with Gasteiger partial charge in [-0.15, -0.1) is 11.8 Å². The monoisotopic (exact) mass is 274 g/mol. The smallest absolute Gasteiger partial charge is 0.233 e. The summed E-state index contributed by atoms with van der Waals surface area (Å²) in [6.07, 6.45) is 3.63. The molecular weight excluding hydrogens is 256 g/mol. The van der Waals surface area contributed by atoms with Gasteiger partial charge in [0.2, 0.25) is 5.91 Å². The quantitative estimate of drug-likeness (QED) is 0.848. The molecule has 2 aliphatic heterocycles. The molecule has 19 heavy (non-hydrogen) atoms. The van der Waals surface area contributed by atoms with Gasteiger partial charge in [-0.1, -0.05) is 37.3 Å². The predicted octanol–water partition coefficient (Wildman–Crippen LogP) is 3.09. The first-order chi connectivity index (χ1) is 9.29. The largest absolute Gasteiger partial charge is 0.303 e. The lowest BCUT2D eigenvalue weighted by molar-refractivity contribution is -0.132. The van der Waals surface area contributed by atoms with Crippen molar-refractivity contribution in [2.45, 2.75) is 30.4 Å². The van der Waals surface area contributed by atoms with Gasteiger partial charge in [-0.05, 0) is 18.4 Å². The zero-order chi connectivity index (χ0) is 13.2. The molecule has 1 aromatic rings. The molecule has 1 amide bonds. The maximum atomic E-state index is 12.4. The van der Waals surface area contributed by atoms with E-state index in [0.717, 1.165) is 19.4 Å². The number of rotatable bonds is 3. The third kappa shape index (κ3) is 2.41. The van der Waals surface area contributed by atoms with E-state index in [0.29, 0.717) is 5.25 Å². The van der Waals surface area contributed by atoms with E-state index in [9.17, 15) is 4.79 Å². The molecule has 2 heterocycles. The van der Waals surface area contributed by atoms with Crippen LogP contribution < -0.4 is 0 Å². The molecule has 0 saturated carbocycles. The fourth-order valence-corrected chi connectivity index (χ4v) is 4.25. The SMILES string of the molecule is CCCN1C=NC2SC(c3ccccc3)CC2C1=O. The summed E-state index contributed by atoms with van der Waals surface area (Å²) < 4.78 is 0. The minimum absolute atomic E-state index is 0.0618. The number of aliphatic imine (C=N–C) groups is 1. The van der Waals surface area contributed by atoms with Gasteiger partial charge >= 0.3 is 0 Å². The highest BCUT2D eigenvalue weighted by molar-refractivity contribution is 8.00. The van der Waals surface area contributed by atoms with Crippen LogP contribution in [0, 0.1) is 5.92 Å². The van der Waals surface area contributed by atoms with Gasteiger partial charge in [-0.25, -0.2) is 0 Å². The lowest BCUT2D eigenvalue weighted by Gasteiger charge is -2.27. The van der Waals surface area contributed by atoms with E-state index in [1.165, 1.54) is 5.56 Å². The minimum atomic E-state index is 0.0618. The number of benzene rings is 1. The molecule has 100 valence electrons. The van der Waals surface area contributed by atoms with Crippen molar-refractivity contribution in [2.24, 2.45) is 10.9 Å². The predicted molar refractivity (Wildman–Crippen MR) is 79.2 cm³/mol. The van der Waals surface area contributed by atoms with Crippen LogP contribution in [0.1, 0.15) is 30.6 Å². The Hall–Kier alpha value is -1.29. The lowest BCUT2D eigenvalue weighted by atomic mass is 9.97. The number of carbonyl (C=O) groups excluding carboxylic acids is 1. The molecule has 0 radical (unpaired) electrons. The van der Waals surface area contributed by atoms with Crippen molar-refractivity contribution in [2.75, 3.05) is 6.54 Å². The first-order valence-electron chi connectivity index (χ1n) is 6.83. The summed E-state index contributed by atoms with van der Waals surface area (Å²) in [5.41, 5.74) is 1.31. The molecule has 0 spiro atoms. The molecule has 3 atom stereocenters. The number of hydrogen-bond donors (Lipinski definition) is 0. The molecular formula is C15H18N2OS. The molecule has 0 bridgehead atoms. The molecule has 4 heteroatoms. The van der Waals surface area contributed by atoms with Gasteiger partial charge in [0, 0.05) is 11.8 Å². The van der Waals surface area contributed by atoms with Crippen LogP contribution in [-0.4, -0.2) is 29.1 Å². The maximum Gasteiger partial charge on any atom is 0.233 e. The summed E-state index contributed by atoms with van der Waals surface area (Å²) in [4.78, 5) is 18.7. The number of nitrogens with zero attached hydrogens (tertiary/aromatic N) is 2. The van der Waals surface area contributed by atoms with Crippen molar-refractivity contribution in [3.8, 4) is 0 Å². The van der Waals surface area contributed by atoms with Crippen molar-refractivity contribution in [3.63, 3.8) is 0 Å². The molecule has 3 unspecified atom stereocenters. The summed E-state index contributed by atoms with van der Waals surface area (Å²) in [5, 5.41) is 0.518. The molecule has 3 nitrogen and oxygen atoms in total. The van der Waals surface area contributed by atoms with Crippen molar-refractivity contribution in [1.82, 2.24) is 4.90 Å². The molecule has 0 aromatic heterocycles. The second kappa shape index (κ2) is 5.37. The first kappa shape index (κ1) is 12.7. The summed E-state index contributed by atoms with van der Waals surface area (Å²) in [6, 6.07) is 10.4. The molecule has 3 rings (SSSR count). The molecule has 1 fully saturated rings. The van der Waals surface area contributed by atoms with Gasteiger partial charge < -0.3 is 4.90 Å². The van der Waals surface area contributed by atoms with Crippen LogP contribution >= 0.6 is 11.8 Å². The molecule has 2 aliphatic rings. The summed E-state index contributed by atoms with van der Waals surface area (Å²) >= 11 is 1.83. The normalized spacial score (nSPS) is 29.6. The average Bonchev–Trinajstić information content (AvgIpc) is 2.88. The first-order valence-corrected chi connectivity index (χ1v) is 7.78. The Morgan fingerprint density at radius 1 is 1.37 bits per heavy atom. The summed E-state index contributed by atoms with van der Waals surface area (Å²) in [7, 11) is 0. The van der Waals surface area contributed by atoms with Gasteiger partial charge in [0.05, 0.1) is 12.3 Å². The maximum absolute atomic E-state index is 12.4. The van der Waals surface area contributed by atoms with E-state index < -0.39 is 0 Å². The number of thioether (sulfide) groups is 1. The Balaban J connectivity index is 1.76. The fraction of sp³-hybridized carbons (Fsp3) is 0.467. The third-order valence-corrected chi connectivity index (χ3v) is 5.23. The Kier molecular flexibility index (Phi) is 3.60. The summed E-state index contributed by atoms with van der Waals surface area (Å²) in [6.45, 7) is 2.87. The summed E-state index contributed by atoms with van der Waals surface area (Å²) in [5.74, 6) is 0.319. The van der Waals surface area contributed by atoms with E-state index >= 15 is 0 Å². The molecule has 1 saturated heterocycles. The van der Waals surface area contributed by atoms with Crippen LogP contribution in [0.2, 0.25) is 0 Å². The highest BCUT2D eigenvalue weighted by Crippen LogP contribution is 2.49. The second-order valence-corrected chi connectivity index (χ2v) is 6.39. The highest BCUT2D eigenvalue weighted by atomic mass is 32.2. The van der Waals surface area contributed by atoms with E-state index in [1.807, 2.05) is 17.8 Å². The Bertz CT molecular complexity index is 488. The number of fused-ring (bicyclic) bond motifs is 1. The van der Waals surface area contributed by atoms with Crippen molar-refractivity contribution in [1.29, 1.82) is 0 Å². The van der Waals surface area contributed by atoms with Gasteiger partial charge in [0.25, 0.3) is 0 Å². The van der Waals surface area contributed by atoms with Crippen LogP contribution in [0.4, 0.5) is 0 Å². The van der Waals surface area contributed by atoms with Gasteiger partial charge in [0.15, 0.2) is 0 Å². The van der Waals surface area contributed by atoms with Crippen molar-refractivity contribution < 1.29 is 4.79 Å². The second-order valence-electron chi connectivity index (χ2n) is 5.06.